The first-order valence-electron chi connectivity index (χ1n) is 3.89. The van der Waals surface area contributed by atoms with Crippen molar-refractivity contribution in [3.63, 3.8) is 0 Å². The molecule has 0 fully saturated rings. The van der Waals surface area contributed by atoms with Gasteiger partial charge >= 0.3 is 0 Å². The van der Waals surface area contributed by atoms with Gasteiger partial charge in [-0.05, 0) is 0 Å². The summed E-state index contributed by atoms with van der Waals surface area (Å²) in [5.74, 6) is -2.85. The summed E-state index contributed by atoms with van der Waals surface area (Å²) in [5, 5.41) is 0. The van der Waals surface area contributed by atoms with Crippen LogP contribution in [-0.2, 0) is 9.05 Å². The van der Waals surface area contributed by atoms with E-state index in [4.69, 9.17) is 10.7 Å². The summed E-state index contributed by atoms with van der Waals surface area (Å²) < 4.78 is 55.7. The van der Waals surface area contributed by atoms with Crippen molar-refractivity contribution in [2.24, 2.45) is 0 Å². The molecule has 0 bridgehead atoms. The van der Waals surface area contributed by atoms with Crippen LogP contribution >= 0.6 is 10.7 Å². The summed E-state index contributed by atoms with van der Waals surface area (Å²) in [6, 6.07) is 1.84. The van der Waals surface area contributed by atoms with Crippen molar-refractivity contribution in [3.8, 4) is 0 Å². The van der Waals surface area contributed by atoms with Gasteiger partial charge in [0, 0.05) is 28.9 Å². The van der Waals surface area contributed by atoms with Crippen molar-refractivity contribution in [2.45, 2.75) is 0 Å². The second-order valence-corrected chi connectivity index (χ2v) is 5.40. The molecule has 0 saturated carbocycles. The van der Waals surface area contributed by atoms with Crippen LogP contribution in [-0.4, -0.2) is 14.2 Å². The van der Waals surface area contributed by atoms with Crippen LogP contribution in [0.1, 0.15) is 0 Å². The minimum atomic E-state index is -3.32. The zero-order valence-electron chi connectivity index (χ0n) is 7.96. The maximum atomic E-state index is 11.9. The van der Waals surface area contributed by atoms with Crippen LogP contribution in [0.2, 0.25) is 0 Å². The van der Waals surface area contributed by atoms with Gasteiger partial charge in [0.25, 0.3) is 0 Å². The molecule has 0 saturated heterocycles. The minimum absolute atomic E-state index is 0.158. The first-order chi connectivity index (χ1) is 7.24. The van der Waals surface area contributed by atoms with Crippen molar-refractivity contribution >= 4 is 19.7 Å². The predicted molar refractivity (Wildman–Crippen MR) is 56.2 cm³/mol. The highest BCUT2D eigenvalue weighted by atomic mass is 35.7. The Morgan fingerprint density at radius 3 is 1.56 bits per heavy atom. The van der Waals surface area contributed by atoms with Crippen molar-refractivity contribution in [2.75, 3.05) is 5.75 Å². The molecule has 0 spiro atoms. The van der Waals surface area contributed by atoms with Gasteiger partial charge in [-0.2, -0.15) is 0 Å². The van der Waals surface area contributed by atoms with Crippen molar-refractivity contribution in [1.82, 2.24) is 0 Å². The van der Waals surface area contributed by atoms with E-state index in [-0.39, 0.29) is 5.75 Å². The van der Waals surface area contributed by atoms with E-state index in [0.29, 0.717) is 18.2 Å². The van der Waals surface area contributed by atoms with E-state index in [1.54, 1.807) is 0 Å². The molecule has 2 nitrogen and oxygen atoms in total. The number of rotatable bonds is 2. The lowest BCUT2D eigenvalue weighted by atomic mass is 10.3. The molecule has 0 N–H and O–H groups in total. The van der Waals surface area contributed by atoms with Crippen LogP contribution in [0.15, 0.2) is 30.9 Å². The smallest absolute Gasteiger partial charge is 0.212 e. The monoisotopic (exact) mass is 272 g/mol. The van der Waals surface area contributed by atoms with Gasteiger partial charge in [0.1, 0.15) is 17.5 Å². The highest BCUT2D eigenvalue weighted by Gasteiger charge is 1.97. The van der Waals surface area contributed by atoms with Gasteiger partial charge in [-0.25, -0.2) is 21.6 Å². The summed E-state index contributed by atoms with van der Waals surface area (Å²) in [6.07, 6.45) is 1.24. The van der Waals surface area contributed by atoms with Gasteiger partial charge in [-0.1, -0.05) is 6.08 Å². The lowest BCUT2D eigenvalue weighted by molar-refractivity contribution is 0.543. The number of hydrogen-bond donors (Lipinski definition) is 0. The Bertz CT molecular complexity index is 409. The van der Waals surface area contributed by atoms with Crippen LogP contribution in [0.25, 0.3) is 0 Å². The molecule has 1 aromatic carbocycles. The van der Waals surface area contributed by atoms with Gasteiger partial charge < -0.3 is 0 Å². The summed E-state index contributed by atoms with van der Waals surface area (Å²) in [6.45, 7) is 3.18. The third-order valence-corrected chi connectivity index (χ3v) is 2.16. The molecule has 0 heterocycles. The van der Waals surface area contributed by atoms with E-state index in [2.05, 4.69) is 6.58 Å². The maximum Gasteiger partial charge on any atom is 0.236 e. The largest absolute Gasteiger partial charge is 0.236 e. The van der Waals surface area contributed by atoms with Gasteiger partial charge in [-0.15, -0.1) is 6.58 Å². The number of benzene rings is 1. The fourth-order valence-electron chi connectivity index (χ4n) is 0.661. The molecule has 0 amide bonds. The SMILES string of the molecule is C=CCS(=O)(=O)Cl.Fc1cc(F)cc(F)c1. The number of hydrogen-bond acceptors (Lipinski definition) is 2. The topological polar surface area (TPSA) is 34.1 Å². The van der Waals surface area contributed by atoms with Crippen molar-refractivity contribution in [1.29, 1.82) is 0 Å². The lowest BCUT2D eigenvalue weighted by Gasteiger charge is -1.88. The average molecular weight is 273 g/mol. The summed E-state index contributed by atoms with van der Waals surface area (Å²) in [7, 11) is 1.41. The van der Waals surface area contributed by atoms with Crippen LogP contribution in [0, 0.1) is 17.5 Å². The maximum absolute atomic E-state index is 11.9. The quantitative estimate of drug-likeness (QED) is 0.613. The normalized spacial score (nSPS) is 10.2. The molecule has 1 rings (SSSR count). The van der Waals surface area contributed by atoms with E-state index >= 15 is 0 Å². The van der Waals surface area contributed by atoms with Gasteiger partial charge in [0.15, 0.2) is 0 Å². The Kier molecular flexibility index (Phi) is 6.13. The molecule has 90 valence electrons. The Hall–Kier alpha value is -1.01. The summed E-state index contributed by atoms with van der Waals surface area (Å²) in [4.78, 5) is 0. The van der Waals surface area contributed by atoms with Crippen LogP contribution in [0.4, 0.5) is 13.2 Å². The summed E-state index contributed by atoms with van der Waals surface area (Å²) >= 11 is 0. The fourth-order valence-corrected chi connectivity index (χ4v) is 1.21. The molecule has 0 atom stereocenters. The van der Waals surface area contributed by atoms with E-state index in [1.165, 1.54) is 6.08 Å². The highest BCUT2D eigenvalue weighted by Crippen LogP contribution is 2.04. The molecule has 0 radical (unpaired) electrons. The Labute approximate surface area is 95.8 Å². The zero-order chi connectivity index (χ0) is 12.8. The van der Waals surface area contributed by atoms with Crippen LogP contribution < -0.4 is 0 Å². The van der Waals surface area contributed by atoms with Crippen LogP contribution in [0.3, 0.4) is 0 Å². The van der Waals surface area contributed by atoms with Crippen molar-refractivity contribution in [3.05, 3.63) is 48.3 Å². The molecular formula is C9H8ClF3O2S. The Balaban J connectivity index is 0.000000293. The lowest BCUT2D eigenvalue weighted by Crippen LogP contribution is -1.90. The standard InChI is InChI=1S/C6H3F3.C3H5ClO2S/c7-4-1-5(8)3-6(9)2-4;1-2-3-7(4,5)6/h1-3H;2H,1,3H2. The Morgan fingerprint density at radius 2 is 1.44 bits per heavy atom. The first-order valence-corrected chi connectivity index (χ1v) is 6.37. The predicted octanol–water partition coefficient (Wildman–Crippen LogP) is 2.84. The Morgan fingerprint density at radius 1 is 1.12 bits per heavy atom. The third kappa shape index (κ3) is 8.31. The zero-order valence-corrected chi connectivity index (χ0v) is 9.53. The molecule has 7 heteroatoms. The molecule has 0 aliphatic carbocycles. The van der Waals surface area contributed by atoms with Crippen LogP contribution in [0.5, 0.6) is 0 Å². The van der Waals surface area contributed by atoms with Crippen molar-refractivity contribution < 1.29 is 21.6 Å². The molecule has 1 aromatic rings. The van der Waals surface area contributed by atoms with E-state index in [1.807, 2.05) is 0 Å². The van der Waals surface area contributed by atoms with E-state index in [9.17, 15) is 21.6 Å². The summed E-state index contributed by atoms with van der Waals surface area (Å²) in [5.41, 5.74) is 0. The first kappa shape index (κ1) is 15.0. The molecule has 0 aliphatic heterocycles. The third-order valence-electron chi connectivity index (χ3n) is 1.14. The molecular weight excluding hydrogens is 265 g/mol. The van der Waals surface area contributed by atoms with E-state index in [0.717, 1.165) is 0 Å². The van der Waals surface area contributed by atoms with Gasteiger partial charge in [-0.3, -0.25) is 0 Å². The molecule has 16 heavy (non-hydrogen) atoms. The van der Waals surface area contributed by atoms with Gasteiger partial charge in [0.2, 0.25) is 9.05 Å². The minimum Gasteiger partial charge on any atom is -0.212 e. The molecule has 0 aromatic heterocycles. The number of halogens is 4. The molecule has 0 aliphatic rings. The highest BCUT2D eigenvalue weighted by molar-refractivity contribution is 8.13. The average Bonchev–Trinajstić information content (AvgIpc) is 1.98. The van der Waals surface area contributed by atoms with E-state index < -0.39 is 26.5 Å². The second kappa shape index (κ2) is 6.55. The van der Waals surface area contributed by atoms with Gasteiger partial charge in [0.05, 0.1) is 5.75 Å². The second-order valence-electron chi connectivity index (χ2n) is 2.58. The molecule has 0 unspecified atom stereocenters. The fraction of sp³-hybridized carbons (Fsp3) is 0.111.